The minimum absolute atomic E-state index is 1.05. The molecule has 0 aromatic heterocycles. The molecule has 11 heavy (non-hydrogen) atoms. The Kier molecular flexibility index (Phi) is 10.2. The van der Waals surface area contributed by atoms with Gasteiger partial charge in [0.05, 0.1) is 0 Å². The van der Waals surface area contributed by atoms with Gasteiger partial charge < -0.3 is 0 Å². The van der Waals surface area contributed by atoms with Crippen LogP contribution >= 0.6 is 12.6 Å². The topological polar surface area (TPSA) is 0 Å². The highest BCUT2D eigenvalue weighted by atomic mass is 32.1. The van der Waals surface area contributed by atoms with Crippen LogP contribution in [0.1, 0.15) is 45.4 Å². The number of hydrogen-bond acceptors (Lipinski definition) is 1. The third-order valence-corrected chi connectivity index (χ3v) is 2.08. The highest BCUT2D eigenvalue weighted by Crippen LogP contribution is 2.05. The summed E-state index contributed by atoms with van der Waals surface area (Å²) in [5.74, 6) is 1.05. The van der Waals surface area contributed by atoms with E-state index in [9.17, 15) is 0 Å². The average Bonchev–Trinajstić information content (AvgIpc) is 2.03. The van der Waals surface area contributed by atoms with Crippen molar-refractivity contribution >= 4 is 12.6 Å². The van der Waals surface area contributed by atoms with E-state index < -0.39 is 0 Å². The summed E-state index contributed by atoms with van der Waals surface area (Å²) in [6.45, 7) is 2.08. The molecule has 66 valence electrons. The summed E-state index contributed by atoms with van der Waals surface area (Å²) in [5.41, 5.74) is 0. The molecule has 0 amide bonds. The molecule has 0 aliphatic heterocycles. The van der Waals surface area contributed by atoms with Gasteiger partial charge in [-0.1, -0.05) is 31.4 Å². The number of unbranched alkanes of at least 4 members (excludes halogenated alkanes) is 5. The lowest BCUT2D eigenvalue weighted by atomic mass is 10.1. The minimum Gasteiger partial charge on any atom is -0.179 e. The van der Waals surface area contributed by atoms with Gasteiger partial charge in [-0.15, -0.1) is 0 Å². The van der Waals surface area contributed by atoms with Crippen LogP contribution in [0.15, 0.2) is 12.2 Å². The molecule has 0 aliphatic carbocycles. The van der Waals surface area contributed by atoms with E-state index in [2.05, 4.69) is 31.7 Å². The van der Waals surface area contributed by atoms with Gasteiger partial charge in [-0.05, 0) is 31.9 Å². The highest BCUT2D eigenvalue weighted by Gasteiger charge is 1.87. The van der Waals surface area contributed by atoms with E-state index in [1.54, 1.807) is 0 Å². The second kappa shape index (κ2) is 10.1. The van der Waals surface area contributed by atoms with Gasteiger partial charge in [0.1, 0.15) is 0 Å². The summed E-state index contributed by atoms with van der Waals surface area (Å²) in [6.07, 6.45) is 12.4. The normalized spacial score (nSPS) is 11.1. The summed E-state index contributed by atoms with van der Waals surface area (Å²) < 4.78 is 0. The van der Waals surface area contributed by atoms with Crippen molar-refractivity contribution in [1.29, 1.82) is 0 Å². The highest BCUT2D eigenvalue weighted by molar-refractivity contribution is 7.80. The maximum atomic E-state index is 4.17. The second-order valence-corrected chi connectivity index (χ2v) is 3.30. The van der Waals surface area contributed by atoms with Crippen LogP contribution in [0.25, 0.3) is 0 Å². The van der Waals surface area contributed by atoms with E-state index in [1.165, 1.54) is 38.5 Å². The molecule has 0 atom stereocenters. The van der Waals surface area contributed by atoms with Crippen LogP contribution in [-0.4, -0.2) is 5.75 Å². The van der Waals surface area contributed by atoms with E-state index in [1.807, 2.05) is 0 Å². The lowest BCUT2D eigenvalue weighted by Gasteiger charge is -1.96. The summed E-state index contributed by atoms with van der Waals surface area (Å²) >= 11 is 4.17. The van der Waals surface area contributed by atoms with E-state index >= 15 is 0 Å². The predicted molar refractivity (Wildman–Crippen MR) is 56.4 cm³/mol. The number of hydrogen-bond donors (Lipinski definition) is 1. The first-order valence-electron chi connectivity index (χ1n) is 4.64. The SMILES string of the molecule is CC=CCCCCCCCS. The van der Waals surface area contributed by atoms with Crippen LogP contribution in [0.5, 0.6) is 0 Å². The van der Waals surface area contributed by atoms with E-state index in [-0.39, 0.29) is 0 Å². The molecular weight excluding hydrogens is 152 g/mol. The average molecular weight is 172 g/mol. The van der Waals surface area contributed by atoms with Crippen molar-refractivity contribution < 1.29 is 0 Å². The summed E-state index contributed by atoms with van der Waals surface area (Å²) in [6, 6.07) is 0. The number of thiol groups is 1. The molecule has 0 unspecified atom stereocenters. The predicted octanol–water partition coefficient (Wildman–Crippen LogP) is 3.83. The van der Waals surface area contributed by atoms with Gasteiger partial charge >= 0.3 is 0 Å². The molecule has 0 heterocycles. The van der Waals surface area contributed by atoms with Crippen molar-refractivity contribution in [3.63, 3.8) is 0 Å². The van der Waals surface area contributed by atoms with Gasteiger partial charge in [0, 0.05) is 0 Å². The summed E-state index contributed by atoms with van der Waals surface area (Å²) in [5, 5.41) is 0. The Morgan fingerprint density at radius 3 is 2.27 bits per heavy atom. The van der Waals surface area contributed by atoms with E-state index in [0.717, 1.165) is 5.75 Å². The largest absolute Gasteiger partial charge is 0.179 e. The van der Waals surface area contributed by atoms with E-state index in [0.29, 0.717) is 0 Å². The monoisotopic (exact) mass is 172 g/mol. The van der Waals surface area contributed by atoms with Crippen molar-refractivity contribution in [2.24, 2.45) is 0 Å². The first-order chi connectivity index (χ1) is 5.41. The van der Waals surface area contributed by atoms with Crippen molar-refractivity contribution in [3.05, 3.63) is 12.2 Å². The van der Waals surface area contributed by atoms with Crippen LogP contribution in [0.4, 0.5) is 0 Å². The minimum atomic E-state index is 1.05. The fraction of sp³-hybridized carbons (Fsp3) is 0.800. The smallest absolute Gasteiger partial charge is 0.00979 e. The van der Waals surface area contributed by atoms with Crippen molar-refractivity contribution in [2.75, 3.05) is 5.75 Å². The van der Waals surface area contributed by atoms with Gasteiger partial charge in [0.2, 0.25) is 0 Å². The summed E-state index contributed by atoms with van der Waals surface area (Å²) in [7, 11) is 0. The molecule has 0 aromatic rings. The molecule has 0 bridgehead atoms. The lowest BCUT2D eigenvalue weighted by molar-refractivity contribution is 0.640. The molecule has 0 nitrogen and oxygen atoms in total. The number of allylic oxidation sites excluding steroid dienone is 2. The maximum Gasteiger partial charge on any atom is -0.00979 e. The summed E-state index contributed by atoms with van der Waals surface area (Å²) in [4.78, 5) is 0. The zero-order chi connectivity index (χ0) is 8.36. The maximum absolute atomic E-state index is 4.17. The molecule has 0 saturated heterocycles. The standard InChI is InChI=1S/C10H20S/c1-2-3-4-5-6-7-8-9-10-11/h2-3,11H,4-10H2,1H3. The van der Waals surface area contributed by atoms with Crippen molar-refractivity contribution in [2.45, 2.75) is 45.4 Å². The molecule has 0 radical (unpaired) electrons. The van der Waals surface area contributed by atoms with Crippen molar-refractivity contribution in [3.8, 4) is 0 Å². The molecule has 0 rings (SSSR count). The molecule has 0 saturated carbocycles. The van der Waals surface area contributed by atoms with Gasteiger partial charge in [-0.2, -0.15) is 12.6 Å². The Balaban J connectivity index is 2.79. The Morgan fingerprint density at radius 1 is 1.00 bits per heavy atom. The zero-order valence-electron chi connectivity index (χ0n) is 7.55. The lowest BCUT2D eigenvalue weighted by Crippen LogP contribution is -1.79. The number of rotatable bonds is 7. The van der Waals surface area contributed by atoms with Crippen LogP contribution in [0.3, 0.4) is 0 Å². The molecule has 0 aliphatic rings. The third kappa shape index (κ3) is 10.1. The Labute approximate surface area is 76.5 Å². The fourth-order valence-corrected chi connectivity index (χ4v) is 1.29. The first-order valence-corrected chi connectivity index (χ1v) is 5.27. The van der Waals surface area contributed by atoms with Crippen molar-refractivity contribution in [1.82, 2.24) is 0 Å². The first kappa shape index (κ1) is 11.1. The molecule has 0 N–H and O–H groups in total. The van der Waals surface area contributed by atoms with Gasteiger partial charge in [-0.3, -0.25) is 0 Å². The quantitative estimate of drug-likeness (QED) is 0.337. The molecule has 1 heteroatoms. The molecular formula is C10H20S. The molecule has 0 spiro atoms. The zero-order valence-corrected chi connectivity index (χ0v) is 8.45. The Bertz CT molecular complexity index is 86.9. The van der Waals surface area contributed by atoms with E-state index in [4.69, 9.17) is 0 Å². The molecule has 0 aromatic carbocycles. The molecule has 0 fully saturated rings. The van der Waals surface area contributed by atoms with Crippen LogP contribution < -0.4 is 0 Å². The van der Waals surface area contributed by atoms with Crippen LogP contribution in [-0.2, 0) is 0 Å². The Morgan fingerprint density at radius 2 is 1.64 bits per heavy atom. The van der Waals surface area contributed by atoms with Crippen LogP contribution in [0.2, 0.25) is 0 Å². The second-order valence-electron chi connectivity index (χ2n) is 2.85. The van der Waals surface area contributed by atoms with Gasteiger partial charge in [0.15, 0.2) is 0 Å². The Hall–Kier alpha value is 0.0900. The van der Waals surface area contributed by atoms with Gasteiger partial charge in [0.25, 0.3) is 0 Å². The van der Waals surface area contributed by atoms with Crippen LogP contribution in [0, 0.1) is 0 Å². The third-order valence-electron chi connectivity index (χ3n) is 1.76. The fourth-order valence-electron chi connectivity index (χ4n) is 1.07. The van der Waals surface area contributed by atoms with Gasteiger partial charge in [-0.25, -0.2) is 0 Å².